The number of hydrogen-bond donors (Lipinski definition) is 1. The van der Waals surface area contributed by atoms with Crippen LogP contribution in [0.25, 0.3) is 5.76 Å². The van der Waals surface area contributed by atoms with Gasteiger partial charge in [0.15, 0.2) is 0 Å². The fourth-order valence-corrected chi connectivity index (χ4v) is 1.50. The molecule has 1 aromatic rings. The van der Waals surface area contributed by atoms with Gasteiger partial charge in [0.25, 0.3) is 0 Å². The van der Waals surface area contributed by atoms with Gasteiger partial charge in [-0.3, -0.25) is 0 Å². The maximum atomic E-state index is 9.53. The minimum Gasteiger partial charge on any atom is -0.507 e. The number of aliphatic hydroxyl groups excluding tert-OH is 1. The van der Waals surface area contributed by atoms with Crippen LogP contribution < -0.4 is 0 Å². The Morgan fingerprint density at radius 2 is 1.92 bits per heavy atom. The summed E-state index contributed by atoms with van der Waals surface area (Å²) >= 11 is 0. The van der Waals surface area contributed by atoms with Crippen molar-refractivity contribution >= 4 is 5.76 Å². The molecule has 2 rings (SSSR count). The quantitative estimate of drug-likeness (QED) is 0.741. The largest absolute Gasteiger partial charge is 0.507 e. The molecule has 0 atom stereocenters. The zero-order chi connectivity index (χ0) is 7.84. The van der Waals surface area contributed by atoms with Crippen molar-refractivity contribution < 1.29 is 49.2 Å². The summed E-state index contributed by atoms with van der Waals surface area (Å²) in [6.45, 7) is 1.97. The van der Waals surface area contributed by atoms with E-state index in [0.29, 0.717) is 5.76 Å². The molecule has 0 spiro atoms. The smallest absolute Gasteiger partial charge is 0.122 e. The molecule has 0 bridgehead atoms. The molecule has 2 heteroatoms. The molecule has 1 radical (unpaired) electrons. The summed E-state index contributed by atoms with van der Waals surface area (Å²) in [5.41, 5.74) is 3.32. The molecule has 0 unspecified atom stereocenters. The van der Waals surface area contributed by atoms with Crippen molar-refractivity contribution in [2.75, 3.05) is 0 Å². The maximum absolute atomic E-state index is 9.53. The Balaban J connectivity index is 0.000000720. The van der Waals surface area contributed by atoms with Gasteiger partial charge in [-0.1, -0.05) is 24.3 Å². The number of hydrogen-bond acceptors (Lipinski definition) is 1. The van der Waals surface area contributed by atoms with Crippen LogP contribution in [-0.2, 0) is 6.42 Å². The third kappa shape index (κ3) is 1.60. The first kappa shape index (κ1) is 10.3. The van der Waals surface area contributed by atoms with Crippen LogP contribution in [0.5, 0.6) is 0 Å². The number of benzene rings is 1. The molecule has 59 valence electrons. The predicted molar refractivity (Wildman–Crippen MR) is 45.4 cm³/mol. The summed E-state index contributed by atoms with van der Waals surface area (Å²) in [6, 6.07) is 7.97. The Labute approximate surface area is 108 Å². The summed E-state index contributed by atoms with van der Waals surface area (Å²) in [5.74, 6) is 0.473. The number of aliphatic hydroxyl groups is 1. The van der Waals surface area contributed by atoms with Crippen molar-refractivity contribution in [3.63, 3.8) is 0 Å². The Bertz CT molecular complexity index is 328. The summed E-state index contributed by atoms with van der Waals surface area (Å²) in [7, 11) is 0. The number of rotatable bonds is 0. The summed E-state index contributed by atoms with van der Waals surface area (Å²) < 4.78 is 0. The fourth-order valence-electron chi connectivity index (χ4n) is 1.50. The fraction of sp³-hybridized carbons (Fsp3) is 0.200. The first-order valence-corrected chi connectivity index (χ1v) is 3.76. The summed E-state index contributed by atoms with van der Waals surface area (Å²) in [6.07, 6.45) is 0.905. The van der Waals surface area contributed by atoms with Crippen LogP contribution >= 0.6 is 0 Å². The van der Waals surface area contributed by atoms with E-state index in [2.05, 4.69) is 6.07 Å². The van der Waals surface area contributed by atoms with Gasteiger partial charge < -0.3 is 5.11 Å². The zero-order valence-electron chi connectivity index (χ0n) is 7.04. The normalized spacial score (nSPS) is 14.1. The Kier molecular flexibility index (Phi) is 3.38. The SMILES string of the molecule is CC1=C(O)c2ccccc2C1.[Ac]. The Morgan fingerprint density at radius 3 is 2.58 bits per heavy atom. The van der Waals surface area contributed by atoms with Gasteiger partial charge in [0.05, 0.1) is 0 Å². The molecule has 1 aromatic carbocycles. The van der Waals surface area contributed by atoms with Gasteiger partial charge in [-0.15, -0.1) is 0 Å². The minimum absolute atomic E-state index is 0. The monoisotopic (exact) mass is 373 g/mol. The molecule has 0 amide bonds. The van der Waals surface area contributed by atoms with E-state index in [1.807, 2.05) is 25.1 Å². The van der Waals surface area contributed by atoms with Crippen LogP contribution in [0.2, 0.25) is 0 Å². The summed E-state index contributed by atoms with van der Waals surface area (Å²) in [5, 5.41) is 9.53. The zero-order valence-corrected chi connectivity index (χ0v) is 11.8. The van der Waals surface area contributed by atoms with E-state index in [1.54, 1.807) is 0 Å². The van der Waals surface area contributed by atoms with Crippen molar-refractivity contribution in [2.45, 2.75) is 13.3 Å². The van der Waals surface area contributed by atoms with E-state index in [1.165, 1.54) is 5.56 Å². The maximum Gasteiger partial charge on any atom is 0.122 e. The van der Waals surface area contributed by atoms with Crippen LogP contribution in [0.15, 0.2) is 29.8 Å². The third-order valence-corrected chi connectivity index (χ3v) is 2.13. The molecule has 1 aliphatic carbocycles. The van der Waals surface area contributed by atoms with E-state index < -0.39 is 0 Å². The Hall–Kier alpha value is 0.202. The van der Waals surface area contributed by atoms with Crippen LogP contribution in [0.3, 0.4) is 0 Å². The summed E-state index contributed by atoms with van der Waals surface area (Å²) in [4.78, 5) is 0. The molecule has 1 aliphatic rings. The molecule has 1 N–H and O–H groups in total. The molecule has 0 saturated carbocycles. The van der Waals surface area contributed by atoms with Crippen LogP contribution in [0.4, 0.5) is 0 Å². The molecule has 0 heterocycles. The van der Waals surface area contributed by atoms with Crippen molar-refractivity contribution in [1.29, 1.82) is 0 Å². The van der Waals surface area contributed by atoms with Gasteiger partial charge in [-0.25, -0.2) is 0 Å². The van der Waals surface area contributed by atoms with Crippen molar-refractivity contribution in [3.8, 4) is 0 Å². The molecular formula is C10H10AcO. The molecule has 12 heavy (non-hydrogen) atoms. The molecule has 1 nitrogen and oxygen atoms in total. The topological polar surface area (TPSA) is 20.2 Å². The minimum atomic E-state index is 0. The van der Waals surface area contributed by atoms with Gasteiger partial charge in [-0.05, 0) is 24.5 Å². The molecule has 0 saturated heterocycles. The van der Waals surface area contributed by atoms with E-state index >= 15 is 0 Å². The van der Waals surface area contributed by atoms with Crippen LogP contribution in [0, 0.1) is 44.1 Å². The van der Waals surface area contributed by atoms with E-state index in [0.717, 1.165) is 17.6 Å². The third-order valence-electron chi connectivity index (χ3n) is 2.13. The second-order valence-corrected chi connectivity index (χ2v) is 2.96. The average molecular weight is 373 g/mol. The molecular weight excluding hydrogens is 363 g/mol. The van der Waals surface area contributed by atoms with Gasteiger partial charge in [0.2, 0.25) is 0 Å². The number of allylic oxidation sites excluding steroid dienone is 1. The molecule has 0 aliphatic heterocycles. The standard InChI is InChI=1S/C10H10O.Ac/c1-7-6-8-4-2-3-5-9(8)10(7)11;/h2-5,11H,6H2,1H3;. The van der Waals surface area contributed by atoms with Crippen LogP contribution in [-0.4, -0.2) is 5.11 Å². The Morgan fingerprint density at radius 1 is 1.25 bits per heavy atom. The van der Waals surface area contributed by atoms with E-state index in [-0.39, 0.29) is 44.1 Å². The van der Waals surface area contributed by atoms with Crippen molar-refractivity contribution in [1.82, 2.24) is 0 Å². The number of fused-ring (bicyclic) bond motifs is 1. The first-order chi connectivity index (χ1) is 5.29. The van der Waals surface area contributed by atoms with Gasteiger partial charge in [0, 0.05) is 49.6 Å². The van der Waals surface area contributed by atoms with Crippen molar-refractivity contribution in [3.05, 3.63) is 41.0 Å². The van der Waals surface area contributed by atoms with E-state index in [9.17, 15) is 5.11 Å². The van der Waals surface area contributed by atoms with E-state index in [4.69, 9.17) is 0 Å². The second kappa shape index (κ2) is 3.94. The average Bonchev–Trinajstić information content (AvgIpc) is 2.30. The van der Waals surface area contributed by atoms with Gasteiger partial charge in [0.1, 0.15) is 5.76 Å². The molecule has 0 aromatic heterocycles. The van der Waals surface area contributed by atoms with Gasteiger partial charge in [-0.2, -0.15) is 0 Å². The molecule has 0 fully saturated rings. The van der Waals surface area contributed by atoms with Crippen LogP contribution in [0.1, 0.15) is 18.1 Å². The van der Waals surface area contributed by atoms with Crippen molar-refractivity contribution in [2.24, 2.45) is 0 Å². The second-order valence-electron chi connectivity index (χ2n) is 2.96. The predicted octanol–water partition coefficient (Wildman–Crippen LogP) is 2.53. The van der Waals surface area contributed by atoms with Gasteiger partial charge >= 0.3 is 0 Å². The first-order valence-electron chi connectivity index (χ1n) is 3.76.